The van der Waals surface area contributed by atoms with Crippen molar-refractivity contribution >= 4 is 21.8 Å². The molecule has 1 amide bonds. The number of amides is 1. The first-order chi connectivity index (χ1) is 6.57. The molecule has 1 heterocycles. The van der Waals surface area contributed by atoms with Crippen LogP contribution in [0.25, 0.3) is 0 Å². The van der Waals surface area contributed by atoms with Crippen molar-refractivity contribution in [2.75, 3.05) is 6.54 Å². The highest BCUT2D eigenvalue weighted by molar-refractivity contribution is 9.10. The van der Waals surface area contributed by atoms with Gasteiger partial charge in [-0.15, -0.1) is 0 Å². The van der Waals surface area contributed by atoms with Gasteiger partial charge in [-0.05, 0) is 26.2 Å². The molecule has 1 saturated heterocycles. The van der Waals surface area contributed by atoms with Gasteiger partial charge in [0.05, 0.1) is 17.0 Å². The number of likely N-dealkylation sites (tertiary alicyclic amines) is 1. The van der Waals surface area contributed by atoms with Gasteiger partial charge in [-0.1, -0.05) is 22.9 Å². The van der Waals surface area contributed by atoms with Gasteiger partial charge >= 0.3 is 0 Å². The van der Waals surface area contributed by atoms with Crippen LogP contribution in [0.5, 0.6) is 0 Å². The van der Waals surface area contributed by atoms with Crippen LogP contribution in [-0.2, 0) is 4.79 Å². The highest BCUT2D eigenvalue weighted by Gasteiger charge is 2.31. The molecule has 0 aromatic heterocycles. The molecule has 0 radical (unpaired) electrons. The van der Waals surface area contributed by atoms with Gasteiger partial charge < -0.3 is 10.0 Å². The minimum atomic E-state index is -0.406. The van der Waals surface area contributed by atoms with Gasteiger partial charge in [0.25, 0.3) is 0 Å². The van der Waals surface area contributed by atoms with E-state index in [0.29, 0.717) is 6.42 Å². The Balaban J connectivity index is 2.61. The molecule has 0 spiro atoms. The van der Waals surface area contributed by atoms with E-state index in [4.69, 9.17) is 0 Å². The van der Waals surface area contributed by atoms with Crippen molar-refractivity contribution in [2.45, 2.75) is 50.1 Å². The normalized spacial score (nSPS) is 27.6. The molecule has 0 aliphatic carbocycles. The van der Waals surface area contributed by atoms with E-state index in [1.54, 1.807) is 4.90 Å². The van der Waals surface area contributed by atoms with Crippen molar-refractivity contribution in [3.63, 3.8) is 0 Å². The Kier molecular flexibility index (Phi) is 4.38. The SMILES string of the molecule is CCC(O)C(C)N1CCCC(Br)C1=O. The molecule has 82 valence electrons. The number of hydrogen-bond acceptors (Lipinski definition) is 2. The minimum Gasteiger partial charge on any atom is -0.391 e. The first-order valence-corrected chi connectivity index (χ1v) is 6.12. The molecule has 4 heteroatoms. The number of carbonyl (C=O) groups is 1. The van der Waals surface area contributed by atoms with Crippen LogP contribution in [0.2, 0.25) is 0 Å². The van der Waals surface area contributed by atoms with Gasteiger partial charge in [-0.25, -0.2) is 0 Å². The first-order valence-electron chi connectivity index (χ1n) is 5.20. The van der Waals surface area contributed by atoms with Gasteiger partial charge in [0.1, 0.15) is 0 Å². The topological polar surface area (TPSA) is 40.5 Å². The van der Waals surface area contributed by atoms with Crippen LogP contribution in [0.1, 0.15) is 33.1 Å². The Morgan fingerprint density at radius 1 is 1.71 bits per heavy atom. The molecular weight excluding hydrogens is 246 g/mol. The lowest BCUT2D eigenvalue weighted by Crippen LogP contribution is -2.50. The molecule has 0 saturated carbocycles. The standard InChI is InChI=1S/C10H18BrNO2/c1-3-9(13)7(2)12-6-4-5-8(11)10(12)14/h7-9,13H,3-6H2,1-2H3. The summed E-state index contributed by atoms with van der Waals surface area (Å²) in [6.07, 6.45) is 2.21. The molecule has 3 unspecified atom stereocenters. The van der Waals surface area contributed by atoms with E-state index in [0.717, 1.165) is 19.4 Å². The second-order valence-corrected chi connectivity index (χ2v) is 4.96. The number of nitrogens with zero attached hydrogens (tertiary/aromatic N) is 1. The van der Waals surface area contributed by atoms with E-state index >= 15 is 0 Å². The number of hydrogen-bond donors (Lipinski definition) is 1. The van der Waals surface area contributed by atoms with Crippen molar-refractivity contribution in [1.82, 2.24) is 4.90 Å². The molecule has 1 aliphatic heterocycles. The van der Waals surface area contributed by atoms with Crippen molar-refractivity contribution in [3.05, 3.63) is 0 Å². The lowest BCUT2D eigenvalue weighted by atomic mass is 10.0. The number of aliphatic hydroxyl groups excluding tert-OH is 1. The van der Waals surface area contributed by atoms with Gasteiger partial charge in [-0.2, -0.15) is 0 Å². The van der Waals surface area contributed by atoms with Gasteiger partial charge in [0, 0.05) is 6.54 Å². The van der Waals surface area contributed by atoms with Crippen LogP contribution in [0.15, 0.2) is 0 Å². The summed E-state index contributed by atoms with van der Waals surface area (Å²) < 4.78 is 0. The molecule has 3 atom stereocenters. The molecule has 1 rings (SSSR count). The van der Waals surface area contributed by atoms with Crippen LogP contribution < -0.4 is 0 Å². The summed E-state index contributed by atoms with van der Waals surface area (Å²) in [5.74, 6) is 0.122. The van der Waals surface area contributed by atoms with E-state index in [1.165, 1.54) is 0 Å². The van der Waals surface area contributed by atoms with E-state index in [9.17, 15) is 9.90 Å². The molecule has 0 aromatic carbocycles. The molecule has 1 N–H and O–H groups in total. The predicted octanol–water partition coefficient (Wildman–Crippen LogP) is 1.53. The second kappa shape index (κ2) is 5.12. The fourth-order valence-corrected chi connectivity index (χ4v) is 2.39. The fourth-order valence-electron chi connectivity index (χ4n) is 1.81. The molecule has 0 aromatic rings. The maximum absolute atomic E-state index is 11.8. The molecule has 0 bridgehead atoms. The third-order valence-electron chi connectivity index (χ3n) is 2.87. The molecular formula is C10H18BrNO2. The van der Waals surface area contributed by atoms with Crippen LogP contribution in [0.4, 0.5) is 0 Å². The quantitative estimate of drug-likeness (QED) is 0.785. The fraction of sp³-hybridized carbons (Fsp3) is 0.900. The summed E-state index contributed by atoms with van der Waals surface area (Å²) in [5.41, 5.74) is 0. The van der Waals surface area contributed by atoms with Gasteiger partial charge in [0.2, 0.25) is 5.91 Å². The van der Waals surface area contributed by atoms with E-state index in [2.05, 4.69) is 15.9 Å². The largest absolute Gasteiger partial charge is 0.391 e. The highest BCUT2D eigenvalue weighted by Crippen LogP contribution is 2.21. The third kappa shape index (κ3) is 2.48. The zero-order valence-electron chi connectivity index (χ0n) is 8.74. The minimum absolute atomic E-state index is 0.0530. The zero-order chi connectivity index (χ0) is 10.7. The van der Waals surface area contributed by atoms with Crippen molar-refractivity contribution < 1.29 is 9.90 Å². The van der Waals surface area contributed by atoms with Gasteiger partial charge in [-0.3, -0.25) is 4.79 Å². The maximum Gasteiger partial charge on any atom is 0.236 e. The Hall–Kier alpha value is -0.0900. The summed E-state index contributed by atoms with van der Waals surface area (Å²) in [4.78, 5) is 13.5. The van der Waals surface area contributed by atoms with Crippen LogP contribution in [-0.4, -0.2) is 39.4 Å². The lowest BCUT2D eigenvalue weighted by molar-refractivity contribution is -0.137. The van der Waals surface area contributed by atoms with E-state index < -0.39 is 6.10 Å². The average molecular weight is 264 g/mol. The van der Waals surface area contributed by atoms with Crippen molar-refractivity contribution in [1.29, 1.82) is 0 Å². The molecule has 14 heavy (non-hydrogen) atoms. The maximum atomic E-state index is 11.8. The van der Waals surface area contributed by atoms with Crippen molar-refractivity contribution in [2.24, 2.45) is 0 Å². The van der Waals surface area contributed by atoms with Crippen LogP contribution in [0, 0.1) is 0 Å². The number of aliphatic hydroxyl groups is 1. The summed E-state index contributed by atoms with van der Waals surface area (Å²) in [6, 6.07) is -0.0622. The average Bonchev–Trinajstić information content (AvgIpc) is 2.20. The summed E-state index contributed by atoms with van der Waals surface area (Å²) >= 11 is 3.36. The Bertz CT molecular complexity index is 210. The Morgan fingerprint density at radius 3 is 2.93 bits per heavy atom. The zero-order valence-corrected chi connectivity index (χ0v) is 10.3. The van der Waals surface area contributed by atoms with Gasteiger partial charge in [0.15, 0.2) is 0 Å². The van der Waals surface area contributed by atoms with E-state index in [-0.39, 0.29) is 16.8 Å². The highest BCUT2D eigenvalue weighted by atomic mass is 79.9. The smallest absolute Gasteiger partial charge is 0.236 e. The molecule has 3 nitrogen and oxygen atoms in total. The number of carbonyl (C=O) groups excluding carboxylic acids is 1. The third-order valence-corrected chi connectivity index (χ3v) is 3.72. The molecule has 1 aliphatic rings. The Morgan fingerprint density at radius 2 is 2.36 bits per heavy atom. The number of alkyl halides is 1. The summed E-state index contributed by atoms with van der Waals surface area (Å²) in [6.45, 7) is 4.62. The van der Waals surface area contributed by atoms with E-state index in [1.807, 2.05) is 13.8 Å². The summed E-state index contributed by atoms with van der Waals surface area (Å²) in [5, 5.41) is 9.67. The lowest BCUT2D eigenvalue weighted by Gasteiger charge is -2.36. The van der Waals surface area contributed by atoms with Crippen LogP contribution in [0.3, 0.4) is 0 Å². The summed E-state index contributed by atoms with van der Waals surface area (Å²) in [7, 11) is 0. The first kappa shape index (κ1) is 12.0. The number of piperidine rings is 1. The van der Waals surface area contributed by atoms with Crippen LogP contribution >= 0.6 is 15.9 Å². The predicted molar refractivity (Wildman–Crippen MR) is 59.4 cm³/mol. The number of rotatable bonds is 3. The molecule has 1 fully saturated rings. The Labute approximate surface area is 93.6 Å². The monoisotopic (exact) mass is 263 g/mol. The van der Waals surface area contributed by atoms with Crippen molar-refractivity contribution in [3.8, 4) is 0 Å². The second-order valence-electron chi connectivity index (χ2n) is 3.86. The number of halogens is 1.